The molecule has 0 heterocycles. The van der Waals surface area contributed by atoms with Crippen LogP contribution in [0.25, 0.3) is 11.1 Å². The quantitative estimate of drug-likeness (QED) is 0.389. The van der Waals surface area contributed by atoms with Crippen LogP contribution in [-0.4, -0.2) is 42.8 Å². The van der Waals surface area contributed by atoms with Crippen LogP contribution in [0.1, 0.15) is 62.0 Å². The Labute approximate surface area is 194 Å². The minimum absolute atomic E-state index is 0.0443. The number of nitrogens with one attached hydrogen (secondary N) is 2. The Bertz CT molecular complexity index is 914. The molecular formula is C26H32N2O5. The van der Waals surface area contributed by atoms with E-state index in [9.17, 15) is 14.4 Å². The highest BCUT2D eigenvalue weighted by Crippen LogP contribution is 2.44. The number of aliphatic carboxylic acids is 1. The maximum Gasteiger partial charge on any atom is 0.407 e. The molecule has 0 aliphatic heterocycles. The summed E-state index contributed by atoms with van der Waals surface area (Å²) in [5.74, 6) is -0.841. The first kappa shape index (κ1) is 24.3. The molecule has 0 saturated carbocycles. The molecule has 2 amide bonds. The number of ether oxygens (including phenoxy) is 1. The zero-order valence-electron chi connectivity index (χ0n) is 18.8. The number of carbonyl (C=O) groups is 3. The van der Waals surface area contributed by atoms with Crippen molar-refractivity contribution in [3.8, 4) is 11.1 Å². The lowest BCUT2D eigenvalue weighted by molar-refractivity contribution is -0.137. The van der Waals surface area contributed by atoms with Crippen LogP contribution >= 0.6 is 0 Å². The summed E-state index contributed by atoms with van der Waals surface area (Å²) in [6, 6.07) is 16.5. The highest BCUT2D eigenvalue weighted by molar-refractivity contribution is 5.79. The molecule has 0 unspecified atom stereocenters. The SMILES string of the molecule is O=C(O)CCCNC(=O)CCCCCCNC(=O)OCC1c2ccccc2-c2ccccc21. The average molecular weight is 453 g/mol. The molecule has 2 aromatic rings. The predicted octanol–water partition coefficient (Wildman–Crippen LogP) is 4.46. The van der Waals surface area contributed by atoms with Gasteiger partial charge in [-0.15, -0.1) is 0 Å². The van der Waals surface area contributed by atoms with E-state index in [-0.39, 0.29) is 18.2 Å². The van der Waals surface area contributed by atoms with Crippen molar-refractivity contribution in [1.29, 1.82) is 0 Å². The van der Waals surface area contributed by atoms with Crippen LogP contribution in [0, 0.1) is 0 Å². The fourth-order valence-corrected chi connectivity index (χ4v) is 4.16. The van der Waals surface area contributed by atoms with Gasteiger partial charge >= 0.3 is 12.1 Å². The van der Waals surface area contributed by atoms with Gasteiger partial charge in [0.05, 0.1) is 0 Å². The summed E-state index contributed by atoms with van der Waals surface area (Å²) in [7, 11) is 0. The van der Waals surface area contributed by atoms with E-state index in [0.29, 0.717) is 32.5 Å². The standard InChI is InChI=1S/C26H32N2O5/c29-24(27-17-9-15-25(30)31)14-3-1-2-8-16-28-26(32)33-18-23-21-12-6-4-10-19(21)20-11-5-7-13-22(20)23/h4-7,10-13,23H,1-3,8-9,14-18H2,(H,27,29)(H,28,32)(H,30,31). The predicted molar refractivity (Wildman–Crippen MR) is 126 cm³/mol. The van der Waals surface area contributed by atoms with E-state index >= 15 is 0 Å². The number of alkyl carbamates (subject to hydrolysis) is 1. The van der Waals surface area contributed by atoms with E-state index in [0.717, 1.165) is 25.7 Å². The smallest absolute Gasteiger partial charge is 0.407 e. The molecule has 1 aliphatic rings. The fraction of sp³-hybridized carbons (Fsp3) is 0.423. The second kappa shape index (κ2) is 12.6. The minimum Gasteiger partial charge on any atom is -0.481 e. The van der Waals surface area contributed by atoms with Crippen molar-refractivity contribution >= 4 is 18.0 Å². The molecule has 0 fully saturated rings. The lowest BCUT2D eigenvalue weighted by atomic mass is 9.98. The van der Waals surface area contributed by atoms with Gasteiger partial charge in [0.25, 0.3) is 0 Å². The molecule has 1 aliphatic carbocycles. The van der Waals surface area contributed by atoms with Gasteiger partial charge in [-0.3, -0.25) is 9.59 Å². The van der Waals surface area contributed by atoms with Crippen LogP contribution < -0.4 is 10.6 Å². The van der Waals surface area contributed by atoms with Crippen molar-refractivity contribution in [2.75, 3.05) is 19.7 Å². The Morgan fingerprint density at radius 1 is 0.758 bits per heavy atom. The van der Waals surface area contributed by atoms with Crippen molar-refractivity contribution < 1.29 is 24.2 Å². The van der Waals surface area contributed by atoms with Gasteiger partial charge in [0, 0.05) is 31.8 Å². The number of carboxylic acid groups (broad SMARTS) is 1. The molecule has 7 nitrogen and oxygen atoms in total. The molecule has 0 spiro atoms. The van der Waals surface area contributed by atoms with Crippen molar-refractivity contribution in [3.63, 3.8) is 0 Å². The molecule has 0 radical (unpaired) electrons. The number of fused-ring (bicyclic) bond motifs is 3. The summed E-state index contributed by atoms with van der Waals surface area (Å²) in [5, 5.41) is 14.1. The fourth-order valence-electron chi connectivity index (χ4n) is 4.16. The molecule has 0 atom stereocenters. The third-order valence-electron chi connectivity index (χ3n) is 5.83. The molecule has 0 saturated heterocycles. The van der Waals surface area contributed by atoms with E-state index in [1.54, 1.807) is 0 Å². The van der Waals surface area contributed by atoms with Crippen LogP contribution in [0.3, 0.4) is 0 Å². The van der Waals surface area contributed by atoms with Gasteiger partial charge in [-0.25, -0.2) is 4.79 Å². The second-order valence-corrected chi connectivity index (χ2v) is 8.26. The van der Waals surface area contributed by atoms with Gasteiger partial charge in [0.1, 0.15) is 6.61 Å². The van der Waals surface area contributed by atoms with Gasteiger partial charge < -0.3 is 20.5 Å². The molecule has 3 N–H and O–H groups in total. The van der Waals surface area contributed by atoms with E-state index in [2.05, 4.69) is 34.9 Å². The van der Waals surface area contributed by atoms with Crippen molar-refractivity contribution in [2.24, 2.45) is 0 Å². The number of hydrogen-bond acceptors (Lipinski definition) is 4. The van der Waals surface area contributed by atoms with Crippen LogP contribution in [0.4, 0.5) is 4.79 Å². The number of carbonyl (C=O) groups excluding carboxylic acids is 2. The minimum atomic E-state index is -0.851. The first-order chi connectivity index (χ1) is 16.1. The highest BCUT2D eigenvalue weighted by atomic mass is 16.5. The summed E-state index contributed by atoms with van der Waals surface area (Å²) in [6.07, 6.45) is 3.95. The molecule has 7 heteroatoms. The lowest BCUT2D eigenvalue weighted by Crippen LogP contribution is -2.27. The van der Waals surface area contributed by atoms with Crippen LogP contribution in [0.2, 0.25) is 0 Å². The van der Waals surface area contributed by atoms with Crippen molar-refractivity contribution in [2.45, 2.75) is 50.9 Å². The van der Waals surface area contributed by atoms with E-state index in [1.165, 1.54) is 22.3 Å². The van der Waals surface area contributed by atoms with Crippen LogP contribution in [-0.2, 0) is 14.3 Å². The third-order valence-corrected chi connectivity index (χ3v) is 5.83. The number of unbranched alkanes of at least 4 members (excludes halogenated alkanes) is 3. The Morgan fingerprint density at radius 2 is 1.36 bits per heavy atom. The van der Waals surface area contributed by atoms with E-state index < -0.39 is 12.1 Å². The summed E-state index contributed by atoms with van der Waals surface area (Å²) < 4.78 is 5.52. The molecule has 3 rings (SSSR count). The molecular weight excluding hydrogens is 420 g/mol. The number of amides is 2. The summed E-state index contributed by atoms with van der Waals surface area (Å²) in [5.41, 5.74) is 4.79. The Morgan fingerprint density at radius 3 is 2.03 bits per heavy atom. The number of benzene rings is 2. The Kier molecular flexibility index (Phi) is 9.30. The Balaban J connectivity index is 1.26. The second-order valence-electron chi connectivity index (χ2n) is 8.26. The zero-order valence-corrected chi connectivity index (χ0v) is 18.8. The highest BCUT2D eigenvalue weighted by Gasteiger charge is 2.28. The molecule has 2 aromatic carbocycles. The summed E-state index contributed by atoms with van der Waals surface area (Å²) in [6.45, 7) is 1.24. The first-order valence-corrected chi connectivity index (χ1v) is 11.6. The summed E-state index contributed by atoms with van der Waals surface area (Å²) in [4.78, 5) is 34.2. The normalized spacial score (nSPS) is 12.0. The largest absolute Gasteiger partial charge is 0.481 e. The van der Waals surface area contributed by atoms with Crippen molar-refractivity contribution in [3.05, 3.63) is 59.7 Å². The number of hydrogen-bond donors (Lipinski definition) is 3. The van der Waals surface area contributed by atoms with Gasteiger partial charge in [0.15, 0.2) is 0 Å². The van der Waals surface area contributed by atoms with E-state index in [4.69, 9.17) is 9.84 Å². The van der Waals surface area contributed by atoms with Gasteiger partial charge in [-0.1, -0.05) is 61.4 Å². The molecule has 0 aromatic heterocycles. The topological polar surface area (TPSA) is 105 Å². The average Bonchev–Trinajstić information content (AvgIpc) is 3.13. The lowest BCUT2D eigenvalue weighted by Gasteiger charge is -2.14. The van der Waals surface area contributed by atoms with Gasteiger partial charge in [-0.05, 0) is 41.5 Å². The number of rotatable bonds is 13. The monoisotopic (exact) mass is 452 g/mol. The maximum atomic E-state index is 12.1. The van der Waals surface area contributed by atoms with Gasteiger partial charge in [0.2, 0.25) is 5.91 Å². The molecule has 33 heavy (non-hydrogen) atoms. The Hall–Kier alpha value is -3.35. The summed E-state index contributed by atoms with van der Waals surface area (Å²) >= 11 is 0. The first-order valence-electron chi connectivity index (χ1n) is 11.6. The molecule has 176 valence electrons. The third kappa shape index (κ3) is 7.34. The van der Waals surface area contributed by atoms with Gasteiger partial charge in [-0.2, -0.15) is 0 Å². The number of carboxylic acids is 1. The van der Waals surface area contributed by atoms with Crippen LogP contribution in [0.15, 0.2) is 48.5 Å². The van der Waals surface area contributed by atoms with E-state index in [1.807, 2.05) is 24.3 Å². The van der Waals surface area contributed by atoms with Crippen LogP contribution in [0.5, 0.6) is 0 Å². The van der Waals surface area contributed by atoms with Crippen molar-refractivity contribution in [1.82, 2.24) is 10.6 Å². The molecule has 0 bridgehead atoms. The maximum absolute atomic E-state index is 12.1. The zero-order chi connectivity index (χ0) is 23.5.